The molecule has 0 saturated heterocycles. The number of esters is 1. The highest BCUT2D eigenvalue weighted by Crippen LogP contribution is 2.26. The van der Waals surface area contributed by atoms with Gasteiger partial charge in [0.1, 0.15) is 35.5 Å². The number of carbonyl (C=O) groups excluding carboxylic acids is 9. The predicted octanol–water partition coefficient (Wildman–Crippen LogP) is 1.94. The largest absolute Gasteiger partial charge is 0.500 e. The Bertz CT molecular complexity index is 1770. The van der Waals surface area contributed by atoms with Crippen LogP contribution in [0.15, 0.2) is 4.99 Å². The van der Waals surface area contributed by atoms with Crippen LogP contribution in [0.3, 0.4) is 0 Å². The molecule has 4 unspecified atom stereocenters. The topological polar surface area (TPSA) is 369 Å². The number of carboxylic acids is 1. The number of carbonyl (C=O) groups is 10. The van der Waals surface area contributed by atoms with E-state index in [9.17, 15) is 47.9 Å². The molecule has 0 radical (unpaired) electrons. The molecule has 23 nitrogen and oxygen atoms in total. The van der Waals surface area contributed by atoms with Crippen LogP contribution in [-0.2, 0) is 70.7 Å². The number of aliphatic imine (C=N–C) groups is 1. The van der Waals surface area contributed by atoms with Gasteiger partial charge in [-0.05, 0) is 38.6 Å². The molecule has 0 fully saturated rings. The third kappa shape index (κ3) is 34.1. The van der Waals surface area contributed by atoms with Gasteiger partial charge < -0.3 is 61.0 Å². The molecule has 4 atom stereocenters. The Hall–Kier alpha value is -4.15. The summed E-state index contributed by atoms with van der Waals surface area (Å²) >= 11 is 0. The van der Waals surface area contributed by atoms with E-state index in [4.69, 9.17) is 50.8 Å². The van der Waals surface area contributed by atoms with Gasteiger partial charge in [-0.2, -0.15) is 0 Å². The van der Waals surface area contributed by atoms with Crippen LogP contribution in [0.1, 0.15) is 116 Å². The first-order chi connectivity index (χ1) is 34.6. The van der Waals surface area contributed by atoms with Gasteiger partial charge in [-0.1, -0.05) is 28.0 Å². The average molecular weight is 1090 g/mol. The van der Waals surface area contributed by atoms with Crippen LogP contribution in [-0.4, -0.2) is 175 Å². The van der Waals surface area contributed by atoms with E-state index >= 15 is 0 Å². The molecule has 0 bridgehead atoms. The minimum atomic E-state index is -2.82. The Kier molecular flexibility index (Phi) is 38.8. The average Bonchev–Trinajstić information content (AvgIpc) is 3.34. The summed E-state index contributed by atoms with van der Waals surface area (Å²) in [7, 11) is 6.03. The molecule has 0 aliphatic rings. The number of nitrogens with zero attached hydrogens (tertiary/aromatic N) is 2. The summed E-state index contributed by atoms with van der Waals surface area (Å²) in [4.78, 5) is 133. The molecular weight excluding hydrogens is 1010 g/mol. The maximum Gasteiger partial charge on any atom is 0.500 e. The molecule has 0 saturated carbocycles. The van der Waals surface area contributed by atoms with Gasteiger partial charge in [-0.15, -0.1) is 0 Å². The zero-order chi connectivity index (χ0) is 55.2. The van der Waals surface area contributed by atoms with Gasteiger partial charge in [-0.3, -0.25) is 52.9 Å². The van der Waals surface area contributed by atoms with E-state index in [0.29, 0.717) is 76.5 Å². The van der Waals surface area contributed by atoms with Crippen LogP contribution in [0, 0.1) is 17.8 Å². The van der Waals surface area contributed by atoms with E-state index in [1.54, 1.807) is 0 Å². The molecule has 0 aromatic carbocycles. The number of ether oxygens (including phenoxy) is 2. The molecule has 0 aliphatic carbocycles. The van der Waals surface area contributed by atoms with E-state index in [0.717, 1.165) is 0 Å². The lowest BCUT2D eigenvalue weighted by molar-refractivity contribution is -0.145. The van der Waals surface area contributed by atoms with E-state index in [1.165, 1.54) is 57.0 Å². The van der Waals surface area contributed by atoms with Gasteiger partial charge in [-0.25, -0.2) is 0 Å². The number of ketones is 6. The number of nitrogens with two attached hydrogens (primary N) is 4. The van der Waals surface area contributed by atoms with Crippen molar-refractivity contribution in [3.8, 4) is 0 Å². The molecule has 0 spiro atoms. The van der Waals surface area contributed by atoms with Crippen molar-refractivity contribution < 1.29 is 75.8 Å². The lowest BCUT2D eigenvalue weighted by atomic mass is 9.86. The van der Waals surface area contributed by atoms with E-state index < -0.39 is 80.8 Å². The number of aliphatic carboxylic acids is 1. The summed E-state index contributed by atoms with van der Waals surface area (Å²) in [6.45, 7) is 3.45. The Morgan fingerprint density at radius 1 is 0.644 bits per heavy atom. The molecule has 2 amide bonds. The number of hydrogen-bond acceptors (Lipinski definition) is 20. The summed E-state index contributed by atoms with van der Waals surface area (Å²) in [5.41, 5.74) is 21.8. The fourth-order valence-corrected chi connectivity index (χ4v) is 11.5. The predicted molar refractivity (Wildman–Crippen MR) is 279 cm³/mol. The number of primary amides is 1. The molecule has 26 heteroatoms. The van der Waals surface area contributed by atoms with Crippen LogP contribution in [0.2, 0.25) is 6.04 Å². The number of Topliss-reactive ketones (excluding diaryl/α,β-unsaturated/α-hetero) is 6. The molecule has 0 aromatic rings. The zero-order valence-electron chi connectivity index (χ0n) is 43.5. The second kappa shape index (κ2) is 41.1. The number of methoxy groups -OCH3 is 1. The van der Waals surface area contributed by atoms with Gasteiger partial charge in [0.2, 0.25) is 11.8 Å². The molecule has 0 heterocycles. The van der Waals surface area contributed by atoms with Crippen molar-refractivity contribution in [2.45, 2.75) is 128 Å². The summed E-state index contributed by atoms with van der Waals surface area (Å²) in [5.74, 6) is -7.34. The lowest BCUT2D eigenvalue weighted by Crippen LogP contribution is -2.42. The zero-order valence-corrected chi connectivity index (χ0v) is 46.1. The Morgan fingerprint density at radius 2 is 1.23 bits per heavy atom. The number of amides is 2. The summed E-state index contributed by atoms with van der Waals surface area (Å²) < 4.78 is 26.5. The Labute approximate surface area is 438 Å². The van der Waals surface area contributed by atoms with Crippen molar-refractivity contribution in [3.63, 3.8) is 0 Å². The normalized spacial score (nSPS) is 13.1. The Balaban J connectivity index is 5.72. The smallest absolute Gasteiger partial charge is 0.481 e. The van der Waals surface area contributed by atoms with Crippen LogP contribution in [0.5, 0.6) is 0 Å². The molecule has 10 N–H and O–H groups in total. The van der Waals surface area contributed by atoms with E-state index in [2.05, 4.69) is 10.3 Å². The van der Waals surface area contributed by atoms with Crippen LogP contribution < -0.4 is 28.3 Å². The molecular formula is C47H83N7O16S2Si. The van der Waals surface area contributed by atoms with Crippen LogP contribution >= 0.6 is 21.6 Å². The van der Waals surface area contributed by atoms with Crippen LogP contribution in [0.4, 0.5) is 0 Å². The molecule has 0 aromatic heterocycles. The number of unbranched alkanes of at least 4 members (excludes halogenated alkanes) is 1. The van der Waals surface area contributed by atoms with Gasteiger partial charge in [0, 0.05) is 149 Å². The van der Waals surface area contributed by atoms with Crippen molar-refractivity contribution >= 4 is 94.8 Å². The number of rotatable bonds is 49. The summed E-state index contributed by atoms with van der Waals surface area (Å²) in [5, 5.41) is 11.8. The van der Waals surface area contributed by atoms with Crippen molar-refractivity contribution in [1.29, 1.82) is 0 Å². The first-order valence-electron chi connectivity index (χ1n) is 24.6. The maximum absolute atomic E-state index is 13.8. The molecule has 73 heavy (non-hydrogen) atoms. The standard InChI is InChI=1S/C47H83N7O16S2Si/c1-33(55)53-40(32-72-71-26-23-54(22-18-45(64)70-25-24-66-2)21-17-37(56)12-9-27-73(67-3,68-4)69-5)43(61)30-35(10-6-7-19-48)42(60)16-13-38(57)28-34(11-8-20-52-47(50)51)41(59)15-14-39(58)29-36(46(49)65)31-44(62)63/h34-36,40H,6-32,48H2,1-5H3,(H2,49,65)(H,53,55)(H,62,63)(H4,50,51,52). The highest BCUT2D eigenvalue weighted by atomic mass is 33.1. The molecule has 0 aliphatic heterocycles. The monoisotopic (exact) mass is 1090 g/mol. The number of nitrogens with one attached hydrogen (secondary N) is 1. The second-order valence-corrected chi connectivity index (χ2v) is 23.2. The summed E-state index contributed by atoms with van der Waals surface area (Å²) in [6.07, 6.45) is 0.670. The van der Waals surface area contributed by atoms with Crippen molar-refractivity contribution in [2.24, 2.45) is 45.7 Å². The molecule has 418 valence electrons. The first kappa shape index (κ1) is 68.8. The number of carboxylic acid groups (broad SMARTS) is 1. The first-order valence-corrected chi connectivity index (χ1v) is 29.0. The third-order valence-electron chi connectivity index (χ3n) is 11.8. The fraction of sp³-hybridized carbons (Fsp3) is 0.766. The highest BCUT2D eigenvalue weighted by molar-refractivity contribution is 8.76. The quantitative estimate of drug-likeness (QED) is 0.0127. The Morgan fingerprint density at radius 3 is 1.78 bits per heavy atom. The fourth-order valence-electron chi connectivity index (χ4n) is 7.55. The minimum absolute atomic E-state index is 0.0379. The van der Waals surface area contributed by atoms with Gasteiger partial charge in [0.15, 0.2) is 11.7 Å². The lowest BCUT2D eigenvalue weighted by Gasteiger charge is -2.24. The highest BCUT2D eigenvalue weighted by Gasteiger charge is 2.37. The van der Waals surface area contributed by atoms with E-state index in [1.807, 2.05) is 4.90 Å². The van der Waals surface area contributed by atoms with Crippen molar-refractivity contribution in [2.75, 3.05) is 85.9 Å². The third-order valence-corrected chi connectivity index (χ3v) is 17.0. The maximum atomic E-state index is 13.8. The van der Waals surface area contributed by atoms with Crippen LogP contribution in [0.25, 0.3) is 0 Å². The van der Waals surface area contributed by atoms with Crippen molar-refractivity contribution in [1.82, 2.24) is 10.2 Å². The van der Waals surface area contributed by atoms with Crippen molar-refractivity contribution in [3.05, 3.63) is 0 Å². The SMILES string of the molecule is COCCOC(=O)CCN(CCSSCC(NC(C)=O)C(=O)CC(CCCCN)C(=O)CCC(=O)CC(CCCN=C(N)N)C(=O)CCC(=O)CC(CC(=O)O)C(N)=O)CCC(=O)CCC[Si](OC)(OC)OC. The second-order valence-electron chi connectivity index (χ2n) is 17.5. The minimum Gasteiger partial charge on any atom is -0.481 e. The van der Waals surface area contributed by atoms with E-state index in [-0.39, 0.29) is 112 Å². The van der Waals surface area contributed by atoms with Gasteiger partial charge in [0.25, 0.3) is 0 Å². The van der Waals surface area contributed by atoms with Gasteiger partial charge in [0.05, 0.1) is 31.4 Å². The summed E-state index contributed by atoms with van der Waals surface area (Å²) in [6, 6.07) is -0.443. The number of hydrogen-bond donors (Lipinski definition) is 6. The number of guanidine groups is 1. The molecule has 0 rings (SSSR count). The van der Waals surface area contributed by atoms with Gasteiger partial charge >= 0.3 is 20.7 Å².